The summed E-state index contributed by atoms with van der Waals surface area (Å²) in [5.74, 6) is -0.115. The summed E-state index contributed by atoms with van der Waals surface area (Å²) in [7, 11) is 2.18. The van der Waals surface area contributed by atoms with Gasteiger partial charge in [-0.05, 0) is 51.4 Å². The van der Waals surface area contributed by atoms with Crippen molar-refractivity contribution in [3.05, 3.63) is 35.6 Å². The molecule has 0 bridgehead atoms. The van der Waals surface area contributed by atoms with E-state index in [0.717, 1.165) is 25.2 Å². The summed E-state index contributed by atoms with van der Waals surface area (Å²) in [5.41, 5.74) is 1.10. The first kappa shape index (κ1) is 14.5. The molecule has 1 saturated heterocycles. The van der Waals surface area contributed by atoms with E-state index in [1.165, 1.54) is 18.9 Å². The zero-order valence-corrected chi connectivity index (χ0v) is 12.2. The molecule has 1 aromatic rings. The Morgan fingerprint density at radius 2 is 1.95 bits per heavy atom. The lowest BCUT2D eigenvalue weighted by atomic mass is 9.80. The van der Waals surface area contributed by atoms with Gasteiger partial charge in [-0.25, -0.2) is 4.39 Å². The van der Waals surface area contributed by atoms with Crippen molar-refractivity contribution in [1.82, 2.24) is 10.2 Å². The third-order valence-corrected chi connectivity index (χ3v) is 4.40. The monoisotopic (exact) mass is 264 g/mol. The van der Waals surface area contributed by atoms with Crippen LogP contribution in [-0.4, -0.2) is 31.6 Å². The first-order valence-corrected chi connectivity index (χ1v) is 7.16. The molecule has 0 aliphatic carbocycles. The van der Waals surface area contributed by atoms with Crippen LogP contribution in [0, 0.1) is 11.2 Å². The molecule has 0 aromatic heterocycles. The van der Waals surface area contributed by atoms with Crippen LogP contribution in [0.4, 0.5) is 4.39 Å². The summed E-state index contributed by atoms with van der Waals surface area (Å²) in [4.78, 5) is 2.38. The van der Waals surface area contributed by atoms with Gasteiger partial charge >= 0.3 is 0 Å². The van der Waals surface area contributed by atoms with Gasteiger partial charge in [-0.1, -0.05) is 25.1 Å². The lowest BCUT2D eigenvalue weighted by molar-refractivity contribution is 0.134. The van der Waals surface area contributed by atoms with E-state index in [0.29, 0.717) is 5.41 Å². The van der Waals surface area contributed by atoms with E-state index in [1.807, 2.05) is 19.1 Å². The van der Waals surface area contributed by atoms with Crippen molar-refractivity contribution in [2.24, 2.45) is 5.41 Å². The molecule has 0 saturated carbocycles. The standard InChI is InChI=1S/C16H25FN2/c1-13(14-6-4-5-7-15(14)17)18-12-16(2)8-10-19(3)11-9-16/h4-7,13,18H,8-12H2,1-3H3. The Bertz CT molecular complexity index is 411. The van der Waals surface area contributed by atoms with Crippen LogP contribution in [0.15, 0.2) is 24.3 Å². The molecule has 3 heteroatoms. The zero-order valence-electron chi connectivity index (χ0n) is 12.2. The second-order valence-electron chi connectivity index (χ2n) is 6.24. The number of nitrogens with zero attached hydrogens (tertiary/aromatic N) is 1. The third-order valence-electron chi connectivity index (χ3n) is 4.40. The van der Waals surface area contributed by atoms with E-state index in [4.69, 9.17) is 0 Å². The minimum Gasteiger partial charge on any atom is -0.310 e. The fourth-order valence-electron chi connectivity index (χ4n) is 2.67. The molecule has 19 heavy (non-hydrogen) atoms. The van der Waals surface area contributed by atoms with Crippen LogP contribution in [0.25, 0.3) is 0 Å². The molecule has 1 aromatic carbocycles. The van der Waals surface area contributed by atoms with Gasteiger partial charge in [0.15, 0.2) is 0 Å². The summed E-state index contributed by atoms with van der Waals surface area (Å²) in [6, 6.07) is 7.10. The lowest BCUT2D eigenvalue weighted by Crippen LogP contribution is -2.42. The van der Waals surface area contributed by atoms with Crippen molar-refractivity contribution < 1.29 is 4.39 Å². The predicted octanol–water partition coefficient (Wildman–Crippen LogP) is 3.21. The van der Waals surface area contributed by atoms with Gasteiger partial charge in [-0.2, -0.15) is 0 Å². The molecule has 1 fully saturated rings. The van der Waals surface area contributed by atoms with Crippen molar-refractivity contribution in [3.8, 4) is 0 Å². The van der Waals surface area contributed by atoms with Crippen molar-refractivity contribution in [3.63, 3.8) is 0 Å². The molecular formula is C16H25FN2. The maximum absolute atomic E-state index is 13.7. The second kappa shape index (κ2) is 6.02. The zero-order chi connectivity index (χ0) is 13.9. The molecule has 0 amide bonds. The Kier molecular flexibility index (Phi) is 4.58. The normalized spacial score (nSPS) is 21.3. The lowest BCUT2D eigenvalue weighted by Gasteiger charge is -2.38. The molecule has 1 N–H and O–H groups in total. The van der Waals surface area contributed by atoms with Crippen LogP contribution in [-0.2, 0) is 0 Å². The second-order valence-corrected chi connectivity index (χ2v) is 6.24. The highest BCUT2D eigenvalue weighted by molar-refractivity contribution is 5.20. The average Bonchev–Trinajstić information content (AvgIpc) is 2.41. The number of rotatable bonds is 4. The van der Waals surface area contributed by atoms with Crippen LogP contribution >= 0.6 is 0 Å². The summed E-state index contributed by atoms with van der Waals surface area (Å²) < 4.78 is 13.7. The van der Waals surface area contributed by atoms with Crippen LogP contribution < -0.4 is 5.32 Å². The highest BCUT2D eigenvalue weighted by Crippen LogP contribution is 2.30. The van der Waals surface area contributed by atoms with E-state index in [9.17, 15) is 4.39 Å². The molecule has 2 nitrogen and oxygen atoms in total. The fourth-order valence-corrected chi connectivity index (χ4v) is 2.67. The number of halogens is 1. The summed E-state index contributed by atoms with van der Waals surface area (Å²) in [6.07, 6.45) is 2.42. The summed E-state index contributed by atoms with van der Waals surface area (Å²) in [5, 5.41) is 3.51. The third kappa shape index (κ3) is 3.77. The first-order chi connectivity index (χ1) is 9.00. The molecule has 1 heterocycles. The van der Waals surface area contributed by atoms with Gasteiger partial charge in [-0.3, -0.25) is 0 Å². The van der Waals surface area contributed by atoms with Crippen LogP contribution in [0.1, 0.15) is 38.3 Å². The van der Waals surface area contributed by atoms with Gasteiger partial charge in [0, 0.05) is 18.2 Å². The first-order valence-electron chi connectivity index (χ1n) is 7.16. The smallest absolute Gasteiger partial charge is 0.127 e. The number of likely N-dealkylation sites (tertiary alicyclic amines) is 1. The van der Waals surface area contributed by atoms with Gasteiger partial charge in [0.25, 0.3) is 0 Å². The van der Waals surface area contributed by atoms with Crippen molar-refractivity contribution >= 4 is 0 Å². The quantitative estimate of drug-likeness (QED) is 0.898. The Labute approximate surface area is 116 Å². The van der Waals surface area contributed by atoms with E-state index in [-0.39, 0.29) is 11.9 Å². The number of piperidine rings is 1. The minimum atomic E-state index is -0.115. The number of hydrogen-bond acceptors (Lipinski definition) is 2. The van der Waals surface area contributed by atoms with Gasteiger partial charge in [-0.15, -0.1) is 0 Å². The van der Waals surface area contributed by atoms with Crippen LogP contribution in [0.5, 0.6) is 0 Å². The van der Waals surface area contributed by atoms with Gasteiger partial charge in [0.1, 0.15) is 5.82 Å². The molecule has 1 aliphatic heterocycles. The maximum atomic E-state index is 13.7. The van der Waals surface area contributed by atoms with Crippen molar-refractivity contribution in [1.29, 1.82) is 0 Å². The highest BCUT2D eigenvalue weighted by atomic mass is 19.1. The average molecular weight is 264 g/mol. The topological polar surface area (TPSA) is 15.3 Å². The fraction of sp³-hybridized carbons (Fsp3) is 0.625. The maximum Gasteiger partial charge on any atom is 0.127 e. The van der Waals surface area contributed by atoms with Crippen LogP contribution in [0.2, 0.25) is 0 Å². The molecule has 0 spiro atoms. The largest absolute Gasteiger partial charge is 0.310 e. The molecule has 106 valence electrons. The summed E-state index contributed by atoms with van der Waals surface area (Å²) in [6.45, 7) is 7.65. The molecule has 1 atom stereocenters. The Morgan fingerprint density at radius 1 is 1.32 bits per heavy atom. The van der Waals surface area contributed by atoms with Gasteiger partial charge in [0.05, 0.1) is 0 Å². The Hall–Kier alpha value is -0.930. The van der Waals surface area contributed by atoms with Crippen LogP contribution in [0.3, 0.4) is 0 Å². The highest BCUT2D eigenvalue weighted by Gasteiger charge is 2.29. The minimum absolute atomic E-state index is 0.0673. The van der Waals surface area contributed by atoms with E-state index in [2.05, 4.69) is 24.2 Å². The predicted molar refractivity (Wildman–Crippen MR) is 77.7 cm³/mol. The Morgan fingerprint density at radius 3 is 2.58 bits per heavy atom. The number of nitrogens with one attached hydrogen (secondary N) is 1. The van der Waals surface area contributed by atoms with Crippen molar-refractivity contribution in [2.75, 3.05) is 26.7 Å². The van der Waals surface area contributed by atoms with E-state index < -0.39 is 0 Å². The SMILES string of the molecule is CC(NCC1(C)CCN(C)CC1)c1ccccc1F. The number of benzene rings is 1. The molecular weight excluding hydrogens is 239 g/mol. The molecule has 2 rings (SSSR count). The van der Waals surface area contributed by atoms with Gasteiger partial charge in [0.2, 0.25) is 0 Å². The van der Waals surface area contributed by atoms with E-state index in [1.54, 1.807) is 6.07 Å². The van der Waals surface area contributed by atoms with E-state index >= 15 is 0 Å². The van der Waals surface area contributed by atoms with Gasteiger partial charge < -0.3 is 10.2 Å². The summed E-state index contributed by atoms with van der Waals surface area (Å²) >= 11 is 0. The Balaban J connectivity index is 1.90. The molecule has 0 radical (unpaired) electrons. The molecule has 1 aliphatic rings. The van der Waals surface area contributed by atoms with Crippen molar-refractivity contribution in [2.45, 2.75) is 32.7 Å². The molecule has 1 unspecified atom stereocenters. The number of hydrogen-bond donors (Lipinski definition) is 1.